The lowest BCUT2D eigenvalue weighted by Gasteiger charge is -2.30. The second-order valence-corrected chi connectivity index (χ2v) is 6.47. The van der Waals surface area contributed by atoms with Crippen LogP contribution >= 0.6 is 0 Å². The molecule has 0 saturated heterocycles. The highest BCUT2D eigenvalue weighted by Crippen LogP contribution is 2.29. The molecule has 2 unspecified atom stereocenters. The molecule has 0 aromatic heterocycles. The molecule has 1 aromatic rings. The van der Waals surface area contributed by atoms with E-state index < -0.39 is 0 Å². The predicted octanol–water partition coefficient (Wildman–Crippen LogP) is 4.26. The highest BCUT2D eigenvalue weighted by Gasteiger charge is 2.21. The average Bonchev–Trinajstić information content (AvgIpc) is 2.44. The molecule has 1 aromatic carbocycles. The van der Waals surface area contributed by atoms with Crippen molar-refractivity contribution in [3.8, 4) is 5.75 Å². The number of hydrogen-bond acceptors (Lipinski definition) is 2. The fourth-order valence-corrected chi connectivity index (χ4v) is 3.31. The van der Waals surface area contributed by atoms with Crippen LogP contribution in [0.5, 0.6) is 5.75 Å². The molecule has 2 atom stereocenters. The summed E-state index contributed by atoms with van der Waals surface area (Å²) in [5, 5.41) is 3.67. The van der Waals surface area contributed by atoms with Crippen LogP contribution in [0, 0.1) is 11.8 Å². The van der Waals surface area contributed by atoms with E-state index in [0.717, 1.165) is 30.7 Å². The normalized spacial score (nSPS) is 22.9. The van der Waals surface area contributed by atoms with E-state index in [9.17, 15) is 0 Å². The number of nitrogens with one attached hydrogen (secondary N) is 1. The quantitative estimate of drug-likeness (QED) is 0.751. The lowest BCUT2D eigenvalue weighted by molar-refractivity contribution is 0.238. The zero-order valence-corrected chi connectivity index (χ0v) is 13.0. The summed E-state index contributed by atoms with van der Waals surface area (Å²) in [5.41, 5.74) is 0. The van der Waals surface area contributed by atoms with Gasteiger partial charge in [0.15, 0.2) is 0 Å². The van der Waals surface area contributed by atoms with Gasteiger partial charge >= 0.3 is 0 Å². The third-order valence-electron chi connectivity index (χ3n) is 4.13. The van der Waals surface area contributed by atoms with Gasteiger partial charge in [0, 0.05) is 12.6 Å². The zero-order valence-electron chi connectivity index (χ0n) is 13.0. The van der Waals surface area contributed by atoms with Crippen molar-refractivity contribution >= 4 is 0 Å². The summed E-state index contributed by atoms with van der Waals surface area (Å²) in [6, 6.07) is 10.8. The standard InChI is InChI=1S/C18H29NO/c1-15(2)13-16-7-6-8-17(14-16)19-11-12-20-18-9-4-3-5-10-18/h3-5,9-10,15-17,19H,6-8,11-14H2,1-2H3. The van der Waals surface area contributed by atoms with Gasteiger partial charge in [0.25, 0.3) is 0 Å². The van der Waals surface area contributed by atoms with Crippen LogP contribution in [0.4, 0.5) is 0 Å². The molecule has 0 spiro atoms. The summed E-state index contributed by atoms with van der Waals surface area (Å²) in [6.07, 6.45) is 6.88. The lowest BCUT2D eigenvalue weighted by Crippen LogP contribution is -2.36. The molecule has 20 heavy (non-hydrogen) atoms. The van der Waals surface area contributed by atoms with Crippen molar-refractivity contribution < 1.29 is 4.74 Å². The molecule has 1 N–H and O–H groups in total. The Morgan fingerprint density at radius 1 is 1.20 bits per heavy atom. The van der Waals surface area contributed by atoms with E-state index in [1.54, 1.807) is 0 Å². The third-order valence-corrected chi connectivity index (χ3v) is 4.13. The molecule has 0 amide bonds. The van der Waals surface area contributed by atoms with Crippen molar-refractivity contribution in [1.82, 2.24) is 5.32 Å². The number of para-hydroxylation sites is 1. The van der Waals surface area contributed by atoms with E-state index >= 15 is 0 Å². The van der Waals surface area contributed by atoms with Crippen molar-refractivity contribution in [3.05, 3.63) is 30.3 Å². The first-order valence-corrected chi connectivity index (χ1v) is 8.15. The van der Waals surface area contributed by atoms with Crippen LogP contribution in [0.2, 0.25) is 0 Å². The molecule has 2 nitrogen and oxygen atoms in total. The predicted molar refractivity (Wildman–Crippen MR) is 85.1 cm³/mol. The summed E-state index contributed by atoms with van der Waals surface area (Å²) in [6.45, 7) is 6.39. The van der Waals surface area contributed by atoms with Gasteiger partial charge in [-0.2, -0.15) is 0 Å². The topological polar surface area (TPSA) is 21.3 Å². The number of rotatable bonds is 7. The highest BCUT2D eigenvalue weighted by molar-refractivity contribution is 5.20. The van der Waals surface area contributed by atoms with Crippen molar-refractivity contribution in [1.29, 1.82) is 0 Å². The Labute approximate surface area is 123 Å². The van der Waals surface area contributed by atoms with Crippen LogP contribution in [-0.2, 0) is 0 Å². The Kier molecular flexibility index (Phi) is 6.38. The van der Waals surface area contributed by atoms with Crippen molar-refractivity contribution in [2.45, 2.75) is 52.0 Å². The Bertz CT molecular complexity index is 363. The summed E-state index contributed by atoms with van der Waals surface area (Å²) >= 11 is 0. The molecule has 0 bridgehead atoms. The van der Waals surface area contributed by atoms with Crippen LogP contribution in [0.1, 0.15) is 46.0 Å². The van der Waals surface area contributed by atoms with E-state index in [0.29, 0.717) is 6.04 Å². The summed E-state index contributed by atoms with van der Waals surface area (Å²) in [7, 11) is 0. The highest BCUT2D eigenvalue weighted by atomic mass is 16.5. The van der Waals surface area contributed by atoms with Crippen LogP contribution in [0.3, 0.4) is 0 Å². The molecular formula is C18H29NO. The van der Waals surface area contributed by atoms with Crippen LogP contribution < -0.4 is 10.1 Å². The molecule has 0 heterocycles. The zero-order chi connectivity index (χ0) is 14.2. The van der Waals surface area contributed by atoms with Gasteiger partial charge in [-0.3, -0.25) is 0 Å². The monoisotopic (exact) mass is 275 g/mol. The minimum atomic E-state index is 0.701. The first-order valence-electron chi connectivity index (χ1n) is 8.15. The first-order chi connectivity index (χ1) is 9.74. The molecule has 1 aliphatic rings. The molecule has 2 heteroatoms. The fourth-order valence-electron chi connectivity index (χ4n) is 3.31. The molecule has 0 radical (unpaired) electrons. The number of benzene rings is 1. The summed E-state index contributed by atoms with van der Waals surface area (Å²) < 4.78 is 5.73. The van der Waals surface area contributed by atoms with E-state index in [-0.39, 0.29) is 0 Å². The maximum absolute atomic E-state index is 5.73. The maximum Gasteiger partial charge on any atom is 0.119 e. The number of hydrogen-bond donors (Lipinski definition) is 1. The largest absolute Gasteiger partial charge is 0.492 e. The lowest BCUT2D eigenvalue weighted by atomic mass is 9.81. The first kappa shape index (κ1) is 15.4. The smallest absolute Gasteiger partial charge is 0.119 e. The van der Waals surface area contributed by atoms with Crippen molar-refractivity contribution in [2.75, 3.05) is 13.2 Å². The Balaban J connectivity index is 1.61. The minimum absolute atomic E-state index is 0.701. The third kappa shape index (κ3) is 5.54. The van der Waals surface area contributed by atoms with E-state index in [1.165, 1.54) is 32.1 Å². The minimum Gasteiger partial charge on any atom is -0.492 e. The Morgan fingerprint density at radius 2 is 2.00 bits per heavy atom. The van der Waals surface area contributed by atoms with Gasteiger partial charge in [-0.05, 0) is 43.2 Å². The van der Waals surface area contributed by atoms with Gasteiger partial charge in [-0.15, -0.1) is 0 Å². The summed E-state index contributed by atoms with van der Waals surface area (Å²) in [4.78, 5) is 0. The second-order valence-electron chi connectivity index (χ2n) is 6.47. The Hall–Kier alpha value is -1.02. The van der Waals surface area contributed by atoms with Gasteiger partial charge in [-0.25, -0.2) is 0 Å². The molecule has 1 saturated carbocycles. The van der Waals surface area contributed by atoms with E-state index in [4.69, 9.17) is 4.74 Å². The van der Waals surface area contributed by atoms with Crippen LogP contribution in [0.25, 0.3) is 0 Å². The van der Waals surface area contributed by atoms with Gasteiger partial charge in [0.2, 0.25) is 0 Å². The Morgan fingerprint density at radius 3 is 2.75 bits per heavy atom. The van der Waals surface area contributed by atoms with Crippen LogP contribution in [-0.4, -0.2) is 19.2 Å². The van der Waals surface area contributed by atoms with Gasteiger partial charge in [0.1, 0.15) is 12.4 Å². The van der Waals surface area contributed by atoms with Crippen molar-refractivity contribution in [3.63, 3.8) is 0 Å². The molecule has 1 aliphatic carbocycles. The molecule has 112 valence electrons. The van der Waals surface area contributed by atoms with Gasteiger partial charge < -0.3 is 10.1 Å². The van der Waals surface area contributed by atoms with Crippen molar-refractivity contribution in [2.24, 2.45) is 11.8 Å². The van der Waals surface area contributed by atoms with Crippen LogP contribution in [0.15, 0.2) is 30.3 Å². The second kappa shape index (κ2) is 8.31. The van der Waals surface area contributed by atoms with Gasteiger partial charge in [-0.1, -0.05) is 44.9 Å². The van der Waals surface area contributed by atoms with Gasteiger partial charge in [0.05, 0.1) is 0 Å². The fraction of sp³-hybridized carbons (Fsp3) is 0.667. The maximum atomic E-state index is 5.73. The SMILES string of the molecule is CC(C)CC1CCCC(NCCOc2ccccc2)C1. The van der Waals surface area contributed by atoms with E-state index in [1.807, 2.05) is 30.3 Å². The molecule has 2 rings (SSSR count). The molecule has 1 fully saturated rings. The molecule has 0 aliphatic heterocycles. The number of ether oxygens (including phenoxy) is 1. The molecular weight excluding hydrogens is 246 g/mol. The van der Waals surface area contributed by atoms with E-state index in [2.05, 4.69) is 19.2 Å². The average molecular weight is 275 g/mol. The summed E-state index contributed by atoms with van der Waals surface area (Å²) in [5.74, 6) is 2.73.